The van der Waals surface area contributed by atoms with Crippen LogP contribution in [-0.2, 0) is 16.1 Å². The number of fused-ring (bicyclic) bond motifs is 1. The Balaban J connectivity index is 1.48. The Morgan fingerprint density at radius 3 is 2.73 bits per heavy atom. The van der Waals surface area contributed by atoms with Crippen molar-refractivity contribution in [1.82, 2.24) is 14.8 Å². The Kier molecular flexibility index (Phi) is 5.56. The van der Waals surface area contributed by atoms with Gasteiger partial charge in [0.15, 0.2) is 0 Å². The van der Waals surface area contributed by atoms with E-state index in [1.165, 1.54) is 22.3 Å². The van der Waals surface area contributed by atoms with E-state index in [0.717, 1.165) is 26.9 Å². The molecule has 0 radical (unpaired) electrons. The van der Waals surface area contributed by atoms with E-state index in [9.17, 15) is 19.2 Å². The Hall–Kier alpha value is -3.17. The Morgan fingerprint density at radius 1 is 1.17 bits per heavy atom. The quantitative estimate of drug-likeness (QED) is 0.616. The molecule has 1 aromatic carbocycles. The van der Waals surface area contributed by atoms with E-state index in [-0.39, 0.29) is 24.6 Å². The molecule has 4 rings (SSSR count). The van der Waals surface area contributed by atoms with E-state index in [0.29, 0.717) is 16.0 Å². The number of likely N-dealkylation sites (N-methyl/N-ethyl adjacent to an activating group) is 1. The number of benzene rings is 1. The molecule has 0 aliphatic carbocycles. The molecule has 30 heavy (non-hydrogen) atoms. The highest BCUT2D eigenvalue weighted by Crippen LogP contribution is 2.32. The lowest BCUT2D eigenvalue weighted by molar-refractivity contribution is -0.135. The van der Waals surface area contributed by atoms with Crippen LogP contribution in [0.3, 0.4) is 0 Å². The summed E-state index contributed by atoms with van der Waals surface area (Å²) in [7, 11) is 1.58. The highest BCUT2D eigenvalue weighted by atomic mass is 32.2. The average molecular weight is 440 g/mol. The number of hydrogen-bond acceptors (Lipinski definition) is 6. The van der Waals surface area contributed by atoms with Crippen molar-refractivity contribution in [1.29, 1.82) is 0 Å². The molecule has 9 heteroatoms. The molecule has 7 nitrogen and oxygen atoms in total. The number of amides is 3. The highest BCUT2D eigenvalue weighted by Gasteiger charge is 2.36. The number of carbonyl (C=O) groups excluding carboxylic acids is 3. The summed E-state index contributed by atoms with van der Waals surface area (Å²) in [5, 5.41) is 2.25. The summed E-state index contributed by atoms with van der Waals surface area (Å²) in [4.78, 5) is 55.8. The molecule has 3 aromatic rings. The number of nitrogens with one attached hydrogen (secondary N) is 1. The van der Waals surface area contributed by atoms with Crippen molar-refractivity contribution in [2.75, 3.05) is 13.6 Å². The summed E-state index contributed by atoms with van der Waals surface area (Å²) in [6.07, 6.45) is 1.66. The van der Waals surface area contributed by atoms with Gasteiger partial charge in [0, 0.05) is 35.4 Å². The molecule has 1 aliphatic rings. The van der Waals surface area contributed by atoms with Crippen LogP contribution in [0, 0.1) is 0 Å². The largest absolute Gasteiger partial charge is 0.340 e. The fraction of sp³-hybridized carbons (Fsp3) is 0.143. The second kappa shape index (κ2) is 8.29. The molecule has 1 N–H and O–H groups in total. The average Bonchev–Trinajstić information content (AvgIpc) is 3.32. The number of para-hydroxylation sites is 1. The molecule has 0 unspecified atom stereocenters. The second-order valence-electron chi connectivity index (χ2n) is 6.74. The first kappa shape index (κ1) is 20.1. The van der Waals surface area contributed by atoms with Gasteiger partial charge in [-0.3, -0.25) is 24.1 Å². The number of pyridine rings is 1. The number of imide groups is 1. The number of thiophene rings is 1. The zero-order chi connectivity index (χ0) is 21.3. The minimum absolute atomic E-state index is 0.185. The number of hydrogen-bond donors (Lipinski definition) is 1. The van der Waals surface area contributed by atoms with E-state index >= 15 is 0 Å². The van der Waals surface area contributed by atoms with Crippen LogP contribution in [0.15, 0.2) is 57.5 Å². The van der Waals surface area contributed by atoms with Gasteiger partial charge in [-0.15, -0.1) is 11.3 Å². The standard InChI is InChI=1S/C21H17N3O4S2/c1-23(11-13-9-18(25)22-16-7-3-2-6-15(13)16)19(26)12-24-20(27)17(30-21(24)28)10-14-5-4-8-29-14/h2-10H,11-12H2,1H3,(H,22,25). The van der Waals surface area contributed by atoms with Crippen LogP contribution in [0.2, 0.25) is 0 Å². The van der Waals surface area contributed by atoms with Gasteiger partial charge < -0.3 is 9.88 Å². The SMILES string of the molecule is CN(Cc1cc(=O)[nH]c2ccccc12)C(=O)CN1C(=O)SC(=Cc2cccs2)C1=O. The molecule has 1 saturated heterocycles. The van der Waals surface area contributed by atoms with Gasteiger partial charge in [0.2, 0.25) is 11.5 Å². The first-order chi connectivity index (χ1) is 14.4. The lowest BCUT2D eigenvalue weighted by Gasteiger charge is -2.21. The molecule has 152 valence electrons. The van der Waals surface area contributed by atoms with Gasteiger partial charge in [0.25, 0.3) is 11.1 Å². The van der Waals surface area contributed by atoms with Crippen molar-refractivity contribution in [3.05, 3.63) is 73.5 Å². The van der Waals surface area contributed by atoms with Crippen molar-refractivity contribution in [3.63, 3.8) is 0 Å². The first-order valence-electron chi connectivity index (χ1n) is 9.06. The highest BCUT2D eigenvalue weighted by molar-refractivity contribution is 8.18. The van der Waals surface area contributed by atoms with E-state index in [1.54, 1.807) is 19.2 Å². The Morgan fingerprint density at radius 2 is 1.97 bits per heavy atom. The Bertz CT molecular complexity index is 1230. The van der Waals surface area contributed by atoms with Crippen LogP contribution in [0.1, 0.15) is 10.4 Å². The molecule has 0 spiro atoms. The summed E-state index contributed by atoms with van der Waals surface area (Å²) in [5.41, 5.74) is 1.12. The Labute approximate surface area is 180 Å². The summed E-state index contributed by atoms with van der Waals surface area (Å²) < 4.78 is 0. The van der Waals surface area contributed by atoms with Gasteiger partial charge in [0.05, 0.1) is 4.91 Å². The zero-order valence-corrected chi connectivity index (χ0v) is 17.6. The van der Waals surface area contributed by atoms with Crippen molar-refractivity contribution in [3.8, 4) is 0 Å². The fourth-order valence-corrected chi connectivity index (χ4v) is 4.71. The summed E-state index contributed by atoms with van der Waals surface area (Å²) >= 11 is 2.29. The van der Waals surface area contributed by atoms with E-state index in [4.69, 9.17) is 0 Å². The summed E-state index contributed by atoms with van der Waals surface area (Å²) in [6.45, 7) is -0.158. The molecule has 1 aliphatic heterocycles. The third-order valence-electron chi connectivity index (χ3n) is 4.65. The van der Waals surface area contributed by atoms with Crippen LogP contribution >= 0.6 is 23.1 Å². The molecule has 0 bridgehead atoms. The predicted octanol–water partition coefficient (Wildman–Crippen LogP) is 3.28. The molecule has 0 saturated carbocycles. The molecular formula is C21H17N3O4S2. The molecule has 3 amide bonds. The number of rotatable bonds is 5. The number of H-pyrrole nitrogens is 1. The number of carbonyl (C=O) groups is 3. The zero-order valence-electron chi connectivity index (χ0n) is 16.0. The van der Waals surface area contributed by atoms with Crippen LogP contribution < -0.4 is 5.56 Å². The molecular weight excluding hydrogens is 422 g/mol. The van der Waals surface area contributed by atoms with Crippen molar-refractivity contribution in [2.45, 2.75) is 6.54 Å². The number of aromatic nitrogens is 1. The minimum atomic E-state index is -0.471. The monoisotopic (exact) mass is 439 g/mol. The summed E-state index contributed by atoms with van der Waals surface area (Å²) in [6, 6.07) is 12.5. The molecule has 3 heterocycles. The smallest absolute Gasteiger partial charge is 0.294 e. The van der Waals surface area contributed by atoms with Gasteiger partial charge in [0.1, 0.15) is 6.54 Å². The van der Waals surface area contributed by atoms with Crippen LogP contribution in [0.5, 0.6) is 0 Å². The topological polar surface area (TPSA) is 90.6 Å². The van der Waals surface area contributed by atoms with E-state index in [1.807, 2.05) is 35.7 Å². The normalized spacial score (nSPS) is 15.4. The third-order valence-corrected chi connectivity index (χ3v) is 6.38. The lowest BCUT2D eigenvalue weighted by atomic mass is 10.1. The van der Waals surface area contributed by atoms with Gasteiger partial charge in [-0.1, -0.05) is 24.3 Å². The third kappa shape index (κ3) is 4.07. The fourth-order valence-electron chi connectivity index (χ4n) is 3.15. The maximum atomic E-state index is 12.7. The van der Waals surface area contributed by atoms with Crippen molar-refractivity contribution in [2.24, 2.45) is 0 Å². The number of thioether (sulfide) groups is 1. The van der Waals surface area contributed by atoms with E-state index in [2.05, 4.69) is 4.98 Å². The lowest BCUT2D eigenvalue weighted by Crippen LogP contribution is -2.40. The molecule has 0 atom stereocenters. The van der Waals surface area contributed by atoms with Gasteiger partial charge >= 0.3 is 0 Å². The van der Waals surface area contributed by atoms with Crippen LogP contribution in [0.4, 0.5) is 4.79 Å². The number of nitrogens with zero attached hydrogens (tertiary/aromatic N) is 2. The first-order valence-corrected chi connectivity index (χ1v) is 10.8. The van der Waals surface area contributed by atoms with Crippen molar-refractivity contribution < 1.29 is 14.4 Å². The number of aromatic amines is 1. The van der Waals surface area contributed by atoms with E-state index < -0.39 is 11.1 Å². The maximum absolute atomic E-state index is 12.7. The van der Waals surface area contributed by atoms with Gasteiger partial charge in [-0.05, 0) is 40.9 Å². The van der Waals surface area contributed by atoms with Gasteiger partial charge in [-0.25, -0.2) is 0 Å². The minimum Gasteiger partial charge on any atom is -0.340 e. The molecule has 2 aromatic heterocycles. The predicted molar refractivity (Wildman–Crippen MR) is 118 cm³/mol. The van der Waals surface area contributed by atoms with Crippen molar-refractivity contribution >= 4 is 57.1 Å². The summed E-state index contributed by atoms with van der Waals surface area (Å²) in [5.74, 6) is -0.860. The molecule has 1 fully saturated rings. The maximum Gasteiger partial charge on any atom is 0.294 e. The van der Waals surface area contributed by atoms with Gasteiger partial charge in [-0.2, -0.15) is 0 Å². The van der Waals surface area contributed by atoms with Crippen LogP contribution in [0.25, 0.3) is 17.0 Å². The second-order valence-corrected chi connectivity index (χ2v) is 8.71. The van der Waals surface area contributed by atoms with Crippen LogP contribution in [-0.4, -0.2) is 45.4 Å².